The van der Waals surface area contributed by atoms with Gasteiger partial charge in [-0.3, -0.25) is 0 Å². The molecule has 2 rings (SSSR count). The van der Waals surface area contributed by atoms with Crippen molar-refractivity contribution in [2.75, 3.05) is 13.4 Å². The fourth-order valence-corrected chi connectivity index (χ4v) is 1.45. The van der Waals surface area contributed by atoms with Crippen LogP contribution in [0, 0.1) is 0 Å². The molecule has 0 bridgehead atoms. The first-order chi connectivity index (χ1) is 7.79. The van der Waals surface area contributed by atoms with Gasteiger partial charge in [-0.05, 0) is 24.1 Å². The van der Waals surface area contributed by atoms with Crippen LogP contribution < -0.4 is 9.47 Å². The monoisotopic (exact) mass is 222 g/mol. The van der Waals surface area contributed by atoms with E-state index in [9.17, 15) is 0 Å². The summed E-state index contributed by atoms with van der Waals surface area (Å²) in [5.41, 5.74) is 0.981. The fraction of sp³-hybridized carbons (Fsp3) is 0.333. The Labute approximate surface area is 93.7 Å². The van der Waals surface area contributed by atoms with Gasteiger partial charge in [-0.15, -0.1) is 0 Å². The Morgan fingerprint density at radius 3 is 2.94 bits per heavy atom. The van der Waals surface area contributed by atoms with Crippen molar-refractivity contribution in [2.45, 2.75) is 12.5 Å². The number of aliphatic hydroxyl groups is 2. The smallest absolute Gasteiger partial charge is 0.231 e. The van der Waals surface area contributed by atoms with Gasteiger partial charge in [0.05, 0.1) is 12.7 Å². The van der Waals surface area contributed by atoms with Crippen molar-refractivity contribution in [1.29, 1.82) is 0 Å². The van der Waals surface area contributed by atoms with Crippen LogP contribution in [0.3, 0.4) is 0 Å². The van der Waals surface area contributed by atoms with E-state index >= 15 is 0 Å². The van der Waals surface area contributed by atoms with Crippen molar-refractivity contribution in [3.05, 3.63) is 29.8 Å². The van der Waals surface area contributed by atoms with Crippen molar-refractivity contribution in [2.24, 2.45) is 0 Å². The first kappa shape index (κ1) is 11.0. The van der Waals surface area contributed by atoms with Crippen molar-refractivity contribution >= 4 is 6.08 Å². The number of benzene rings is 1. The quantitative estimate of drug-likeness (QED) is 0.803. The summed E-state index contributed by atoms with van der Waals surface area (Å²) >= 11 is 0. The molecular formula is C12H14O4. The van der Waals surface area contributed by atoms with Gasteiger partial charge in [0.25, 0.3) is 0 Å². The molecular weight excluding hydrogens is 208 g/mol. The summed E-state index contributed by atoms with van der Waals surface area (Å²) in [5.74, 6) is 1.50. The summed E-state index contributed by atoms with van der Waals surface area (Å²) in [7, 11) is 0. The molecule has 1 unspecified atom stereocenters. The van der Waals surface area contributed by atoms with E-state index in [1.165, 1.54) is 0 Å². The zero-order chi connectivity index (χ0) is 11.4. The number of fused-ring (bicyclic) bond motifs is 1. The number of aliphatic hydroxyl groups excluding tert-OH is 2. The molecule has 2 N–H and O–H groups in total. The highest BCUT2D eigenvalue weighted by Gasteiger charge is 2.12. The van der Waals surface area contributed by atoms with E-state index in [-0.39, 0.29) is 13.4 Å². The van der Waals surface area contributed by atoms with Gasteiger partial charge in [0.15, 0.2) is 11.5 Å². The molecule has 0 saturated carbocycles. The van der Waals surface area contributed by atoms with E-state index in [0.29, 0.717) is 6.42 Å². The molecule has 1 aromatic rings. The van der Waals surface area contributed by atoms with Gasteiger partial charge >= 0.3 is 0 Å². The van der Waals surface area contributed by atoms with Crippen LogP contribution in [0.2, 0.25) is 0 Å². The third-order valence-electron chi connectivity index (χ3n) is 2.33. The summed E-state index contributed by atoms with van der Waals surface area (Å²) < 4.78 is 10.4. The molecule has 0 aromatic heterocycles. The minimum absolute atomic E-state index is 0.217. The molecule has 0 fully saturated rings. The second-order valence-corrected chi connectivity index (χ2v) is 3.59. The molecule has 0 spiro atoms. The van der Waals surface area contributed by atoms with E-state index in [2.05, 4.69) is 0 Å². The Morgan fingerprint density at radius 1 is 1.31 bits per heavy atom. The molecule has 1 atom stereocenters. The Morgan fingerprint density at radius 2 is 2.12 bits per heavy atom. The lowest BCUT2D eigenvalue weighted by Crippen LogP contribution is -2.09. The zero-order valence-electron chi connectivity index (χ0n) is 8.80. The minimum Gasteiger partial charge on any atom is -0.454 e. The molecule has 86 valence electrons. The number of ether oxygens (including phenoxy) is 2. The number of rotatable bonds is 4. The topological polar surface area (TPSA) is 58.9 Å². The molecule has 4 nitrogen and oxygen atoms in total. The van der Waals surface area contributed by atoms with Crippen molar-refractivity contribution in [1.82, 2.24) is 0 Å². The van der Waals surface area contributed by atoms with Gasteiger partial charge in [-0.2, -0.15) is 0 Å². The van der Waals surface area contributed by atoms with Crippen LogP contribution in [0.4, 0.5) is 0 Å². The van der Waals surface area contributed by atoms with Gasteiger partial charge in [0, 0.05) is 0 Å². The van der Waals surface area contributed by atoms with Crippen molar-refractivity contribution in [3.63, 3.8) is 0 Å². The molecule has 0 aliphatic carbocycles. The van der Waals surface area contributed by atoms with E-state index in [4.69, 9.17) is 19.7 Å². The molecule has 1 aliphatic rings. The van der Waals surface area contributed by atoms with E-state index < -0.39 is 6.10 Å². The fourth-order valence-electron chi connectivity index (χ4n) is 1.45. The van der Waals surface area contributed by atoms with E-state index in [0.717, 1.165) is 17.1 Å². The zero-order valence-corrected chi connectivity index (χ0v) is 8.80. The van der Waals surface area contributed by atoms with Gasteiger partial charge < -0.3 is 19.7 Å². The Bertz CT molecular complexity index is 387. The van der Waals surface area contributed by atoms with Crippen LogP contribution in [-0.4, -0.2) is 29.7 Å². The van der Waals surface area contributed by atoms with Crippen molar-refractivity contribution < 1.29 is 19.7 Å². The summed E-state index contributed by atoms with van der Waals surface area (Å²) in [5, 5.41) is 17.8. The van der Waals surface area contributed by atoms with Crippen LogP contribution in [-0.2, 0) is 0 Å². The predicted molar refractivity (Wildman–Crippen MR) is 59.3 cm³/mol. The molecule has 1 aromatic carbocycles. The summed E-state index contributed by atoms with van der Waals surface area (Å²) in [6.07, 6.45) is 3.44. The molecule has 1 heterocycles. The molecule has 4 heteroatoms. The Kier molecular flexibility index (Phi) is 3.44. The molecule has 0 saturated heterocycles. The van der Waals surface area contributed by atoms with Gasteiger partial charge in [0.2, 0.25) is 6.79 Å². The molecule has 1 aliphatic heterocycles. The number of hydrogen-bond donors (Lipinski definition) is 2. The Balaban J connectivity index is 2.00. The third kappa shape index (κ3) is 2.53. The highest BCUT2D eigenvalue weighted by molar-refractivity contribution is 5.56. The summed E-state index contributed by atoms with van der Waals surface area (Å²) in [4.78, 5) is 0. The van der Waals surface area contributed by atoms with Gasteiger partial charge in [0.1, 0.15) is 0 Å². The highest BCUT2D eigenvalue weighted by atomic mass is 16.7. The van der Waals surface area contributed by atoms with Crippen LogP contribution in [0.5, 0.6) is 11.5 Å². The lowest BCUT2D eigenvalue weighted by atomic mass is 10.1. The van der Waals surface area contributed by atoms with Crippen LogP contribution >= 0.6 is 0 Å². The summed E-state index contributed by atoms with van der Waals surface area (Å²) in [6.45, 7) is 0.0528. The van der Waals surface area contributed by atoms with Crippen molar-refractivity contribution in [3.8, 4) is 11.5 Å². The molecule has 0 amide bonds. The van der Waals surface area contributed by atoms with E-state index in [1.54, 1.807) is 0 Å². The average Bonchev–Trinajstić information content (AvgIpc) is 2.76. The third-order valence-corrected chi connectivity index (χ3v) is 2.33. The molecule has 16 heavy (non-hydrogen) atoms. The lowest BCUT2D eigenvalue weighted by Gasteiger charge is -2.01. The SMILES string of the molecule is OCC(O)CC=Cc1ccc2c(c1)OCO2. The van der Waals surface area contributed by atoms with Crippen LogP contribution in [0.25, 0.3) is 6.08 Å². The maximum Gasteiger partial charge on any atom is 0.231 e. The second-order valence-electron chi connectivity index (χ2n) is 3.59. The first-order valence-corrected chi connectivity index (χ1v) is 5.14. The largest absolute Gasteiger partial charge is 0.454 e. The van der Waals surface area contributed by atoms with Gasteiger partial charge in [-0.1, -0.05) is 18.2 Å². The van der Waals surface area contributed by atoms with E-state index in [1.807, 2.05) is 30.4 Å². The summed E-state index contributed by atoms with van der Waals surface area (Å²) in [6, 6.07) is 5.64. The minimum atomic E-state index is -0.690. The molecule has 0 radical (unpaired) electrons. The van der Waals surface area contributed by atoms with Gasteiger partial charge in [-0.25, -0.2) is 0 Å². The maximum absolute atomic E-state index is 9.14. The normalized spacial score (nSPS) is 15.6. The van der Waals surface area contributed by atoms with Crippen LogP contribution in [0.1, 0.15) is 12.0 Å². The average molecular weight is 222 g/mol. The van der Waals surface area contributed by atoms with Crippen LogP contribution in [0.15, 0.2) is 24.3 Å². The second kappa shape index (κ2) is 5.01. The standard InChI is InChI=1S/C12H14O4/c13-7-10(14)3-1-2-9-4-5-11-12(6-9)16-8-15-11/h1-2,4-6,10,13-14H,3,7-8H2. The highest BCUT2D eigenvalue weighted by Crippen LogP contribution is 2.32. The predicted octanol–water partition coefficient (Wildman–Crippen LogP) is 1.17. The Hall–Kier alpha value is -1.52. The lowest BCUT2D eigenvalue weighted by molar-refractivity contribution is 0.0977. The first-order valence-electron chi connectivity index (χ1n) is 5.14. The number of hydrogen-bond acceptors (Lipinski definition) is 4. The maximum atomic E-state index is 9.14.